The zero-order valence-electron chi connectivity index (χ0n) is 7.50. The third kappa shape index (κ3) is 1.00. The van der Waals surface area contributed by atoms with Crippen molar-refractivity contribution in [2.24, 2.45) is 0 Å². The maximum atomic E-state index is 11.5. The first-order valence-electron chi connectivity index (χ1n) is 4.61. The van der Waals surface area contributed by atoms with E-state index in [1.54, 1.807) is 0 Å². The molecule has 0 unspecified atom stereocenters. The van der Waals surface area contributed by atoms with E-state index in [1.165, 1.54) is 16.9 Å². The Bertz CT molecular complexity index is 541. The topological polar surface area (TPSA) is 42.1 Å². The average molecular weight is 207 g/mol. The fourth-order valence-corrected chi connectivity index (χ4v) is 2.78. The van der Waals surface area contributed by atoms with Crippen molar-refractivity contribution in [1.82, 2.24) is 4.98 Å². The normalized spacial score (nSPS) is 15.1. The number of aromatic amines is 1. The molecule has 0 fully saturated rings. The summed E-state index contributed by atoms with van der Waals surface area (Å²) in [5, 5.41) is 2.95. The maximum Gasteiger partial charge on any atom is 0.266 e. The average Bonchev–Trinajstić information content (AvgIpc) is 2.51. The van der Waals surface area contributed by atoms with Gasteiger partial charge in [0.1, 0.15) is 10.4 Å². The lowest BCUT2D eigenvalue weighted by atomic mass is 10.1. The van der Waals surface area contributed by atoms with E-state index in [0.29, 0.717) is 0 Å². The van der Waals surface area contributed by atoms with Gasteiger partial charge in [-0.1, -0.05) is 0 Å². The molecule has 0 aromatic carbocycles. The molecule has 72 valence electrons. The van der Waals surface area contributed by atoms with Gasteiger partial charge in [0.25, 0.3) is 5.56 Å². The Hall–Kier alpha value is -1.29. The van der Waals surface area contributed by atoms with Crippen LogP contribution in [0.25, 0.3) is 10.1 Å². The summed E-state index contributed by atoms with van der Waals surface area (Å²) in [6.45, 7) is 0.745. The summed E-state index contributed by atoms with van der Waals surface area (Å²) < 4.78 is 6.36. The molecule has 3 rings (SSSR count). The predicted molar refractivity (Wildman–Crippen MR) is 56.3 cm³/mol. The smallest absolute Gasteiger partial charge is 0.266 e. The molecule has 0 spiro atoms. The number of thiophene rings is 1. The van der Waals surface area contributed by atoms with Gasteiger partial charge < -0.3 is 9.72 Å². The van der Waals surface area contributed by atoms with Crippen molar-refractivity contribution in [1.29, 1.82) is 0 Å². The molecule has 14 heavy (non-hydrogen) atoms. The summed E-state index contributed by atoms with van der Waals surface area (Å²) in [6, 6.07) is 0. The van der Waals surface area contributed by atoms with E-state index < -0.39 is 0 Å². The first kappa shape index (κ1) is 8.05. The van der Waals surface area contributed by atoms with E-state index in [-0.39, 0.29) is 5.56 Å². The van der Waals surface area contributed by atoms with Crippen LogP contribution in [0, 0.1) is 0 Å². The quantitative estimate of drug-likeness (QED) is 0.717. The highest BCUT2D eigenvalue weighted by atomic mass is 32.1. The van der Waals surface area contributed by atoms with Crippen LogP contribution in [-0.4, -0.2) is 11.6 Å². The van der Waals surface area contributed by atoms with Crippen LogP contribution in [-0.2, 0) is 6.42 Å². The highest BCUT2D eigenvalue weighted by Crippen LogP contribution is 2.34. The first-order chi connectivity index (χ1) is 6.86. The van der Waals surface area contributed by atoms with Crippen molar-refractivity contribution in [3.63, 3.8) is 0 Å². The number of aromatic nitrogens is 1. The van der Waals surface area contributed by atoms with Crippen LogP contribution in [0.4, 0.5) is 0 Å². The van der Waals surface area contributed by atoms with Gasteiger partial charge in [0.05, 0.1) is 6.61 Å². The molecule has 1 aliphatic rings. The molecule has 1 N–H and O–H groups in total. The minimum atomic E-state index is -0.00880. The SMILES string of the molecule is O=c1[nH]cc2c3c(csc13)OCCC2. The molecule has 0 radical (unpaired) electrons. The number of hydrogen-bond donors (Lipinski definition) is 1. The van der Waals surface area contributed by atoms with Crippen molar-refractivity contribution in [3.8, 4) is 5.75 Å². The van der Waals surface area contributed by atoms with Gasteiger partial charge in [-0.15, -0.1) is 11.3 Å². The Morgan fingerprint density at radius 1 is 1.50 bits per heavy atom. The zero-order chi connectivity index (χ0) is 9.54. The summed E-state index contributed by atoms with van der Waals surface area (Å²) in [5.74, 6) is 0.878. The van der Waals surface area contributed by atoms with Crippen LogP contribution in [0.15, 0.2) is 16.4 Å². The molecule has 0 amide bonds. The Kier molecular flexibility index (Phi) is 1.64. The van der Waals surface area contributed by atoms with Crippen LogP contribution >= 0.6 is 11.3 Å². The van der Waals surface area contributed by atoms with Crippen molar-refractivity contribution in [2.45, 2.75) is 12.8 Å². The van der Waals surface area contributed by atoms with E-state index in [2.05, 4.69) is 4.98 Å². The van der Waals surface area contributed by atoms with Crippen molar-refractivity contribution in [3.05, 3.63) is 27.5 Å². The van der Waals surface area contributed by atoms with Crippen LogP contribution in [0.3, 0.4) is 0 Å². The molecule has 3 heterocycles. The minimum Gasteiger partial charge on any atom is -0.492 e. The number of H-pyrrole nitrogens is 1. The largest absolute Gasteiger partial charge is 0.492 e. The molecule has 2 aromatic rings. The second-order valence-corrected chi connectivity index (χ2v) is 4.28. The summed E-state index contributed by atoms with van der Waals surface area (Å²) in [7, 11) is 0. The summed E-state index contributed by atoms with van der Waals surface area (Å²) in [5.41, 5.74) is 1.19. The number of hydrogen-bond acceptors (Lipinski definition) is 3. The zero-order valence-corrected chi connectivity index (χ0v) is 8.32. The molecule has 1 aliphatic heterocycles. The highest BCUT2D eigenvalue weighted by Gasteiger charge is 2.15. The van der Waals surface area contributed by atoms with Gasteiger partial charge in [-0.05, 0) is 18.4 Å². The third-order valence-corrected chi connectivity index (χ3v) is 3.47. The standard InChI is InChI=1S/C10H9NO2S/c12-10-9-8-6(4-11-10)2-1-3-13-7(8)5-14-9/h4-5H,1-3H2,(H,11,12). The summed E-state index contributed by atoms with van der Waals surface area (Å²) in [4.78, 5) is 14.3. The summed E-state index contributed by atoms with van der Waals surface area (Å²) >= 11 is 1.46. The number of nitrogens with one attached hydrogen (secondary N) is 1. The van der Waals surface area contributed by atoms with Gasteiger partial charge in [-0.25, -0.2) is 0 Å². The van der Waals surface area contributed by atoms with Crippen molar-refractivity contribution < 1.29 is 4.74 Å². The second kappa shape index (κ2) is 2.85. The second-order valence-electron chi connectivity index (χ2n) is 3.40. The maximum absolute atomic E-state index is 11.5. The lowest BCUT2D eigenvalue weighted by Gasteiger charge is -1.98. The Morgan fingerprint density at radius 2 is 2.43 bits per heavy atom. The van der Waals surface area contributed by atoms with Crippen molar-refractivity contribution >= 4 is 21.4 Å². The molecule has 0 saturated carbocycles. The Morgan fingerprint density at radius 3 is 3.36 bits per heavy atom. The molecule has 0 aliphatic carbocycles. The molecule has 2 aromatic heterocycles. The monoisotopic (exact) mass is 207 g/mol. The van der Waals surface area contributed by atoms with Crippen molar-refractivity contribution in [2.75, 3.05) is 6.61 Å². The van der Waals surface area contributed by atoms with Gasteiger partial charge in [0.2, 0.25) is 0 Å². The Labute approximate surface area is 84.3 Å². The van der Waals surface area contributed by atoms with Crippen LogP contribution in [0.5, 0.6) is 5.75 Å². The van der Waals surface area contributed by atoms with Gasteiger partial charge in [0.15, 0.2) is 0 Å². The highest BCUT2D eigenvalue weighted by molar-refractivity contribution is 7.17. The van der Waals surface area contributed by atoms with E-state index >= 15 is 0 Å². The predicted octanol–water partition coefficient (Wildman–Crippen LogP) is 1.91. The minimum absolute atomic E-state index is 0.00880. The number of rotatable bonds is 0. The molecule has 3 nitrogen and oxygen atoms in total. The van der Waals surface area contributed by atoms with Crippen LogP contribution in [0.2, 0.25) is 0 Å². The lowest BCUT2D eigenvalue weighted by Crippen LogP contribution is -2.04. The number of ether oxygens (including phenoxy) is 1. The third-order valence-electron chi connectivity index (χ3n) is 2.51. The van der Waals surface area contributed by atoms with E-state index in [4.69, 9.17) is 4.74 Å². The van der Waals surface area contributed by atoms with E-state index in [1.807, 2.05) is 11.6 Å². The molecule has 0 atom stereocenters. The molecule has 0 saturated heterocycles. The lowest BCUT2D eigenvalue weighted by molar-refractivity contribution is 0.320. The van der Waals surface area contributed by atoms with E-state index in [9.17, 15) is 4.79 Å². The molecule has 0 bridgehead atoms. The van der Waals surface area contributed by atoms with E-state index in [0.717, 1.165) is 35.3 Å². The number of pyridine rings is 1. The Balaban J connectivity index is 2.47. The first-order valence-corrected chi connectivity index (χ1v) is 5.49. The number of aryl methyl sites for hydroxylation is 1. The van der Waals surface area contributed by atoms with Gasteiger partial charge in [-0.3, -0.25) is 4.79 Å². The van der Waals surface area contributed by atoms with Crippen LogP contribution < -0.4 is 10.3 Å². The van der Waals surface area contributed by atoms with Gasteiger partial charge >= 0.3 is 0 Å². The molecule has 4 heteroatoms. The van der Waals surface area contributed by atoms with Gasteiger partial charge in [0, 0.05) is 17.0 Å². The molecular weight excluding hydrogens is 198 g/mol. The van der Waals surface area contributed by atoms with Gasteiger partial charge in [-0.2, -0.15) is 0 Å². The molecular formula is C10H9NO2S. The summed E-state index contributed by atoms with van der Waals surface area (Å²) in [6.07, 6.45) is 3.81. The fraction of sp³-hybridized carbons (Fsp3) is 0.300. The fourth-order valence-electron chi connectivity index (χ4n) is 1.85. The van der Waals surface area contributed by atoms with Crippen LogP contribution in [0.1, 0.15) is 12.0 Å².